The number of aromatic nitrogens is 1. The van der Waals surface area contributed by atoms with Crippen LogP contribution in [0.4, 0.5) is 5.82 Å². The average Bonchev–Trinajstić information content (AvgIpc) is 2.71. The summed E-state index contributed by atoms with van der Waals surface area (Å²) in [6.07, 6.45) is 5.59. The molecule has 3 rings (SSSR count). The van der Waals surface area contributed by atoms with Gasteiger partial charge in [0, 0.05) is 31.7 Å². The standard InChI is InChI=1S/C21H31N3O4/c1-15(20(26)27)24-13-10-21(28,11-14-24)18(25)7-3-2-6-17-9-8-16-5-4-12-22-19(16)23-17/h8-9,15,28H,2-7,10-14H2,1H3,(H,22,23)(H,26,27). The van der Waals surface area contributed by atoms with Crippen LogP contribution >= 0.6 is 0 Å². The number of aliphatic hydroxyl groups is 1. The predicted molar refractivity (Wildman–Crippen MR) is 106 cm³/mol. The van der Waals surface area contributed by atoms with Crippen molar-refractivity contribution >= 4 is 17.6 Å². The van der Waals surface area contributed by atoms with Crippen LogP contribution in [0.15, 0.2) is 12.1 Å². The lowest BCUT2D eigenvalue weighted by atomic mass is 9.84. The molecule has 154 valence electrons. The SMILES string of the molecule is CC(C(=O)O)N1CCC(O)(C(=O)CCCCc2ccc3c(n2)NCCC3)CC1. The first-order valence-corrected chi connectivity index (χ1v) is 10.3. The Hall–Kier alpha value is -1.99. The summed E-state index contributed by atoms with van der Waals surface area (Å²) in [7, 11) is 0. The number of carbonyl (C=O) groups is 2. The van der Waals surface area contributed by atoms with Crippen molar-refractivity contribution in [3.63, 3.8) is 0 Å². The highest BCUT2D eigenvalue weighted by Crippen LogP contribution is 2.27. The van der Waals surface area contributed by atoms with E-state index < -0.39 is 17.6 Å². The molecule has 0 spiro atoms. The topological polar surface area (TPSA) is 103 Å². The second kappa shape index (κ2) is 9.01. The van der Waals surface area contributed by atoms with Crippen molar-refractivity contribution in [2.45, 2.75) is 69.9 Å². The number of carboxylic acids is 1. The molecule has 28 heavy (non-hydrogen) atoms. The van der Waals surface area contributed by atoms with Crippen LogP contribution in [0.25, 0.3) is 0 Å². The van der Waals surface area contributed by atoms with Crippen LogP contribution < -0.4 is 5.32 Å². The highest BCUT2D eigenvalue weighted by Gasteiger charge is 2.40. The van der Waals surface area contributed by atoms with E-state index in [9.17, 15) is 14.7 Å². The van der Waals surface area contributed by atoms with Crippen molar-refractivity contribution in [2.75, 3.05) is 25.0 Å². The number of Topliss-reactive ketones (excluding diaryl/α,β-unsaturated/α-hetero) is 1. The van der Waals surface area contributed by atoms with E-state index in [2.05, 4.69) is 22.4 Å². The van der Waals surface area contributed by atoms with Gasteiger partial charge in [0.1, 0.15) is 17.5 Å². The van der Waals surface area contributed by atoms with Gasteiger partial charge in [0.2, 0.25) is 0 Å². The van der Waals surface area contributed by atoms with Crippen LogP contribution in [-0.2, 0) is 22.4 Å². The summed E-state index contributed by atoms with van der Waals surface area (Å²) in [5.41, 5.74) is 1.01. The number of nitrogens with zero attached hydrogens (tertiary/aromatic N) is 2. The van der Waals surface area contributed by atoms with Gasteiger partial charge in [0.25, 0.3) is 0 Å². The van der Waals surface area contributed by atoms with E-state index >= 15 is 0 Å². The summed E-state index contributed by atoms with van der Waals surface area (Å²) in [5.74, 6) is 0.00874. The van der Waals surface area contributed by atoms with Gasteiger partial charge in [0.15, 0.2) is 5.78 Å². The Kier molecular flexibility index (Phi) is 6.67. The van der Waals surface area contributed by atoms with Crippen LogP contribution in [0.3, 0.4) is 0 Å². The number of pyridine rings is 1. The highest BCUT2D eigenvalue weighted by atomic mass is 16.4. The second-order valence-electron chi connectivity index (χ2n) is 8.05. The fourth-order valence-corrected chi connectivity index (χ4v) is 4.05. The van der Waals surface area contributed by atoms with E-state index in [1.165, 1.54) is 5.56 Å². The zero-order valence-corrected chi connectivity index (χ0v) is 16.6. The molecule has 0 aromatic carbocycles. The van der Waals surface area contributed by atoms with Crippen LogP contribution in [0.1, 0.15) is 56.7 Å². The number of carbonyl (C=O) groups excluding carboxylic acids is 1. The third kappa shape index (κ3) is 4.89. The predicted octanol–water partition coefficient (Wildman–Crippen LogP) is 2.02. The van der Waals surface area contributed by atoms with Crippen LogP contribution in [0, 0.1) is 0 Å². The molecule has 0 amide bonds. The summed E-state index contributed by atoms with van der Waals surface area (Å²) < 4.78 is 0. The number of fused-ring (bicyclic) bond motifs is 1. The molecule has 7 heteroatoms. The summed E-state index contributed by atoms with van der Waals surface area (Å²) in [5, 5.41) is 23.1. The summed E-state index contributed by atoms with van der Waals surface area (Å²) in [6.45, 7) is 3.47. The molecule has 3 heterocycles. The Labute approximate surface area is 166 Å². The van der Waals surface area contributed by atoms with Gasteiger partial charge in [-0.3, -0.25) is 14.5 Å². The van der Waals surface area contributed by atoms with Crippen molar-refractivity contribution in [1.82, 2.24) is 9.88 Å². The molecule has 1 fully saturated rings. The van der Waals surface area contributed by atoms with Crippen molar-refractivity contribution < 1.29 is 19.8 Å². The number of anilines is 1. The van der Waals surface area contributed by atoms with Gasteiger partial charge in [-0.15, -0.1) is 0 Å². The molecule has 3 N–H and O–H groups in total. The Morgan fingerprint density at radius 1 is 1.29 bits per heavy atom. The number of aryl methyl sites for hydroxylation is 2. The lowest BCUT2D eigenvalue weighted by Gasteiger charge is -2.38. The van der Waals surface area contributed by atoms with Gasteiger partial charge in [-0.2, -0.15) is 0 Å². The van der Waals surface area contributed by atoms with Gasteiger partial charge in [0.05, 0.1) is 0 Å². The molecule has 2 aliphatic heterocycles. The number of hydrogen-bond acceptors (Lipinski definition) is 6. The second-order valence-corrected chi connectivity index (χ2v) is 8.05. The minimum absolute atomic E-state index is 0.116. The Morgan fingerprint density at radius 3 is 2.75 bits per heavy atom. The largest absolute Gasteiger partial charge is 0.480 e. The zero-order chi connectivity index (χ0) is 20.1. The monoisotopic (exact) mass is 389 g/mol. The van der Waals surface area contributed by atoms with E-state index in [1.54, 1.807) is 11.8 Å². The quantitative estimate of drug-likeness (QED) is 0.585. The minimum atomic E-state index is -1.30. The molecule has 0 aliphatic carbocycles. The average molecular weight is 389 g/mol. The number of piperidine rings is 1. The highest BCUT2D eigenvalue weighted by molar-refractivity contribution is 5.87. The van der Waals surface area contributed by atoms with E-state index in [0.29, 0.717) is 32.4 Å². The van der Waals surface area contributed by atoms with Crippen LogP contribution in [0.5, 0.6) is 0 Å². The smallest absolute Gasteiger partial charge is 0.320 e. The van der Waals surface area contributed by atoms with Gasteiger partial charge in [-0.25, -0.2) is 4.98 Å². The lowest BCUT2D eigenvalue weighted by molar-refractivity contribution is -0.148. The molecular weight excluding hydrogens is 358 g/mol. The Balaban J connectivity index is 1.41. The first-order valence-electron chi connectivity index (χ1n) is 10.3. The number of hydrogen-bond donors (Lipinski definition) is 3. The molecule has 0 saturated carbocycles. The number of carboxylic acid groups (broad SMARTS) is 1. The Bertz CT molecular complexity index is 714. The molecule has 0 bridgehead atoms. The summed E-state index contributed by atoms with van der Waals surface area (Å²) in [6, 6.07) is 3.63. The fraction of sp³-hybridized carbons (Fsp3) is 0.667. The van der Waals surface area contributed by atoms with Gasteiger partial charge < -0.3 is 15.5 Å². The maximum atomic E-state index is 12.5. The third-order valence-electron chi connectivity index (χ3n) is 6.09. The molecule has 7 nitrogen and oxygen atoms in total. The number of likely N-dealkylation sites (tertiary alicyclic amines) is 1. The minimum Gasteiger partial charge on any atom is -0.480 e. The Morgan fingerprint density at radius 2 is 2.04 bits per heavy atom. The summed E-state index contributed by atoms with van der Waals surface area (Å²) in [4.78, 5) is 30.1. The third-order valence-corrected chi connectivity index (χ3v) is 6.09. The number of aliphatic carboxylic acids is 1. The summed E-state index contributed by atoms with van der Waals surface area (Å²) >= 11 is 0. The molecule has 1 unspecified atom stereocenters. The molecular formula is C21H31N3O4. The number of rotatable bonds is 8. The maximum Gasteiger partial charge on any atom is 0.320 e. The molecule has 0 radical (unpaired) electrons. The van der Waals surface area contributed by atoms with Gasteiger partial charge in [-0.05, 0) is 63.5 Å². The normalized spacial score (nSPS) is 20.1. The van der Waals surface area contributed by atoms with Crippen LogP contribution in [-0.4, -0.2) is 63.1 Å². The molecule has 1 atom stereocenters. The zero-order valence-electron chi connectivity index (χ0n) is 16.6. The van der Waals surface area contributed by atoms with Gasteiger partial charge in [-0.1, -0.05) is 6.07 Å². The van der Waals surface area contributed by atoms with E-state index in [4.69, 9.17) is 5.11 Å². The van der Waals surface area contributed by atoms with Crippen molar-refractivity contribution in [1.29, 1.82) is 0 Å². The number of nitrogens with one attached hydrogen (secondary N) is 1. The van der Waals surface area contributed by atoms with E-state index in [-0.39, 0.29) is 5.78 Å². The number of unbranched alkanes of at least 4 members (excludes halogenated alkanes) is 1. The molecule has 1 saturated heterocycles. The first kappa shape index (κ1) is 20.7. The van der Waals surface area contributed by atoms with Crippen molar-refractivity contribution in [3.8, 4) is 0 Å². The maximum absolute atomic E-state index is 12.5. The molecule has 2 aliphatic rings. The lowest BCUT2D eigenvalue weighted by Crippen LogP contribution is -2.52. The van der Waals surface area contributed by atoms with Crippen molar-refractivity contribution in [2.24, 2.45) is 0 Å². The molecule has 1 aromatic heterocycles. The fourth-order valence-electron chi connectivity index (χ4n) is 4.05. The van der Waals surface area contributed by atoms with Crippen molar-refractivity contribution in [3.05, 3.63) is 23.4 Å². The van der Waals surface area contributed by atoms with Crippen LogP contribution in [0.2, 0.25) is 0 Å². The van der Waals surface area contributed by atoms with E-state index in [1.807, 2.05) is 0 Å². The first-order chi connectivity index (χ1) is 13.4. The number of ketones is 1. The van der Waals surface area contributed by atoms with Gasteiger partial charge >= 0.3 is 5.97 Å². The molecule has 1 aromatic rings. The van der Waals surface area contributed by atoms with E-state index in [0.717, 1.165) is 50.2 Å².